The molecule has 1 fully saturated rings. The topological polar surface area (TPSA) is 54.9 Å². The zero-order valence-electron chi connectivity index (χ0n) is 16.9. The molecule has 2 unspecified atom stereocenters. The van der Waals surface area contributed by atoms with Crippen molar-refractivity contribution in [2.75, 3.05) is 46.6 Å². The molecule has 0 aromatic heterocycles. The Morgan fingerprint density at radius 3 is 2.67 bits per heavy atom. The molecule has 0 amide bonds. The highest BCUT2D eigenvalue weighted by atomic mass is 127. The quantitative estimate of drug-likeness (QED) is 0.228. The van der Waals surface area contributed by atoms with Crippen molar-refractivity contribution in [3.8, 4) is 0 Å². The van der Waals surface area contributed by atoms with Crippen molar-refractivity contribution >= 4 is 29.9 Å². The van der Waals surface area contributed by atoms with E-state index >= 15 is 0 Å². The maximum atomic E-state index is 5.74. The fourth-order valence-electron chi connectivity index (χ4n) is 3.21. The minimum Gasteiger partial charge on any atom is -0.381 e. The molecule has 0 aliphatic carbocycles. The Hall–Kier alpha value is -0.860. The molecule has 154 valence electrons. The standard InChI is InChI=1S/C21H35N3O2.HI/c1-17(2)20(19-8-5-4-6-9-19)14-24-21(22-3)23-11-7-12-25-15-18-10-13-26-16-18;/h4-6,8-9,17-18,20H,7,10-16H2,1-3H3,(H2,22,23,24);1H. The molecule has 1 saturated heterocycles. The minimum atomic E-state index is 0. The summed E-state index contributed by atoms with van der Waals surface area (Å²) in [6.07, 6.45) is 2.10. The van der Waals surface area contributed by atoms with Gasteiger partial charge in [0.15, 0.2) is 5.96 Å². The predicted octanol–water partition coefficient (Wildman–Crippen LogP) is 3.65. The lowest BCUT2D eigenvalue weighted by molar-refractivity contribution is 0.0888. The summed E-state index contributed by atoms with van der Waals surface area (Å²) in [5.74, 6) is 2.47. The Morgan fingerprint density at radius 1 is 1.26 bits per heavy atom. The summed E-state index contributed by atoms with van der Waals surface area (Å²) in [6.45, 7) is 9.60. The van der Waals surface area contributed by atoms with Crippen LogP contribution in [0.5, 0.6) is 0 Å². The molecular weight excluding hydrogens is 453 g/mol. The number of nitrogens with zero attached hydrogens (tertiary/aromatic N) is 1. The number of benzene rings is 1. The van der Waals surface area contributed by atoms with Gasteiger partial charge in [0, 0.05) is 45.2 Å². The molecule has 0 saturated carbocycles. The van der Waals surface area contributed by atoms with Crippen LogP contribution in [0.2, 0.25) is 0 Å². The largest absolute Gasteiger partial charge is 0.381 e. The number of halogens is 1. The third kappa shape index (κ3) is 9.25. The molecule has 0 radical (unpaired) electrons. The first-order valence-electron chi connectivity index (χ1n) is 9.85. The maximum absolute atomic E-state index is 5.74. The van der Waals surface area contributed by atoms with E-state index < -0.39 is 0 Å². The van der Waals surface area contributed by atoms with E-state index in [1.54, 1.807) is 0 Å². The van der Waals surface area contributed by atoms with Crippen LogP contribution < -0.4 is 10.6 Å². The number of ether oxygens (including phenoxy) is 2. The fraction of sp³-hybridized carbons (Fsp3) is 0.667. The van der Waals surface area contributed by atoms with E-state index in [9.17, 15) is 0 Å². The first-order chi connectivity index (χ1) is 12.7. The molecule has 0 spiro atoms. The van der Waals surface area contributed by atoms with Gasteiger partial charge >= 0.3 is 0 Å². The molecule has 2 atom stereocenters. The Morgan fingerprint density at radius 2 is 2.04 bits per heavy atom. The molecule has 2 N–H and O–H groups in total. The summed E-state index contributed by atoms with van der Waals surface area (Å²) in [7, 11) is 1.82. The van der Waals surface area contributed by atoms with Crippen molar-refractivity contribution < 1.29 is 9.47 Å². The highest BCUT2D eigenvalue weighted by Gasteiger charge is 2.16. The monoisotopic (exact) mass is 489 g/mol. The Balaban J connectivity index is 0.00000364. The molecule has 6 heteroatoms. The van der Waals surface area contributed by atoms with E-state index in [1.807, 2.05) is 7.05 Å². The van der Waals surface area contributed by atoms with E-state index in [-0.39, 0.29) is 24.0 Å². The molecule has 0 bridgehead atoms. The van der Waals surface area contributed by atoms with Crippen LogP contribution in [0.15, 0.2) is 35.3 Å². The van der Waals surface area contributed by atoms with Crippen LogP contribution in [-0.2, 0) is 9.47 Å². The highest BCUT2D eigenvalue weighted by molar-refractivity contribution is 14.0. The second kappa shape index (κ2) is 14.2. The molecule has 2 rings (SSSR count). The third-order valence-electron chi connectivity index (χ3n) is 4.88. The van der Waals surface area contributed by atoms with Gasteiger partial charge in [0.2, 0.25) is 0 Å². The lowest BCUT2D eigenvalue weighted by Crippen LogP contribution is -2.40. The number of hydrogen-bond donors (Lipinski definition) is 2. The van der Waals surface area contributed by atoms with Gasteiger partial charge in [0.1, 0.15) is 0 Å². The highest BCUT2D eigenvalue weighted by Crippen LogP contribution is 2.23. The zero-order valence-corrected chi connectivity index (χ0v) is 19.3. The second-order valence-electron chi connectivity index (χ2n) is 7.30. The lowest BCUT2D eigenvalue weighted by Gasteiger charge is -2.23. The van der Waals surface area contributed by atoms with E-state index in [2.05, 4.69) is 59.8 Å². The van der Waals surface area contributed by atoms with Gasteiger partial charge < -0.3 is 20.1 Å². The van der Waals surface area contributed by atoms with Gasteiger partial charge in [-0.25, -0.2) is 0 Å². The van der Waals surface area contributed by atoms with Gasteiger partial charge in [-0.05, 0) is 24.3 Å². The van der Waals surface area contributed by atoms with Crippen LogP contribution >= 0.6 is 24.0 Å². The number of nitrogens with one attached hydrogen (secondary N) is 2. The molecule has 1 aromatic carbocycles. The Kier molecular flexibility index (Phi) is 12.7. The van der Waals surface area contributed by atoms with Gasteiger partial charge in [-0.1, -0.05) is 44.2 Å². The van der Waals surface area contributed by atoms with Crippen molar-refractivity contribution in [2.45, 2.75) is 32.6 Å². The van der Waals surface area contributed by atoms with Gasteiger partial charge in [-0.3, -0.25) is 4.99 Å². The summed E-state index contributed by atoms with van der Waals surface area (Å²) in [4.78, 5) is 4.33. The summed E-state index contributed by atoms with van der Waals surface area (Å²) >= 11 is 0. The summed E-state index contributed by atoms with van der Waals surface area (Å²) < 4.78 is 11.1. The van der Waals surface area contributed by atoms with Crippen molar-refractivity contribution in [3.05, 3.63) is 35.9 Å². The molecule has 1 aromatic rings. The van der Waals surface area contributed by atoms with E-state index in [0.29, 0.717) is 17.8 Å². The van der Waals surface area contributed by atoms with Gasteiger partial charge in [-0.2, -0.15) is 0 Å². The van der Waals surface area contributed by atoms with Gasteiger partial charge in [-0.15, -0.1) is 24.0 Å². The molecule has 5 nitrogen and oxygen atoms in total. The maximum Gasteiger partial charge on any atom is 0.190 e. The van der Waals surface area contributed by atoms with Crippen molar-refractivity contribution in [1.29, 1.82) is 0 Å². The third-order valence-corrected chi connectivity index (χ3v) is 4.88. The van der Waals surface area contributed by atoms with E-state index in [1.165, 1.54) is 5.56 Å². The average molecular weight is 489 g/mol. The molecular formula is C21H36IN3O2. The zero-order chi connectivity index (χ0) is 18.6. The number of rotatable bonds is 10. The predicted molar refractivity (Wildman–Crippen MR) is 123 cm³/mol. The van der Waals surface area contributed by atoms with Crippen LogP contribution in [0.3, 0.4) is 0 Å². The van der Waals surface area contributed by atoms with E-state index in [4.69, 9.17) is 9.47 Å². The summed E-state index contributed by atoms with van der Waals surface area (Å²) in [5, 5.41) is 6.84. The van der Waals surface area contributed by atoms with Gasteiger partial charge in [0.05, 0.1) is 13.2 Å². The average Bonchev–Trinajstić information content (AvgIpc) is 3.17. The van der Waals surface area contributed by atoms with Crippen molar-refractivity contribution in [2.24, 2.45) is 16.8 Å². The van der Waals surface area contributed by atoms with Crippen LogP contribution in [0, 0.1) is 11.8 Å². The Labute approximate surface area is 181 Å². The van der Waals surface area contributed by atoms with Gasteiger partial charge in [0.25, 0.3) is 0 Å². The SMILES string of the molecule is CN=C(NCCCOCC1CCOC1)NCC(c1ccccc1)C(C)C.I. The summed E-state index contributed by atoms with van der Waals surface area (Å²) in [5.41, 5.74) is 1.37. The molecule has 1 heterocycles. The van der Waals surface area contributed by atoms with E-state index in [0.717, 1.165) is 58.3 Å². The first kappa shape index (κ1) is 24.2. The van der Waals surface area contributed by atoms with Crippen LogP contribution in [0.4, 0.5) is 0 Å². The van der Waals surface area contributed by atoms with Crippen molar-refractivity contribution in [3.63, 3.8) is 0 Å². The molecule has 1 aliphatic heterocycles. The van der Waals surface area contributed by atoms with Crippen molar-refractivity contribution in [1.82, 2.24) is 10.6 Å². The van der Waals surface area contributed by atoms with Crippen LogP contribution in [0.25, 0.3) is 0 Å². The smallest absolute Gasteiger partial charge is 0.190 e. The minimum absolute atomic E-state index is 0. The Bertz CT molecular complexity index is 519. The normalized spacial score (nSPS) is 18.2. The second-order valence-corrected chi connectivity index (χ2v) is 7.30. The number of guanidine groups is 1. The number of hydrogen-bond acceptors (Lipinski definition) is 3. The lowest BCUT2D eigenvalue weighted by atomic mass is 9.88. The van der Waals surface area contributed by atoms with Crippen LogP contribution in [-0.4, -0.2) is 52.5 Å². The molecule has 1 aliphatic rings. The summed E-state index contributed by atoms with van der Waals surface area (Å²) in [6, 6.07) is 10.7. The number of aliphatic imine (C=N–C) groups is 1. The fourth-order valence-corrected chi connectivity index (χ4v) is 3.21. The molecule has 27 heavy (non-hydrogen) atoms. The van der Waals surface area contributed by atoms with Crippen LogP contribution in [0.1, 0.15) is 38.2 Å². The first-order valence-corrected chi connectivity index (χ1v) is 9.85.